The highest BCUT2D eigenvalue weighted by molar-refractivity contribution is 5.92. The summed E-state index contributed by atoms with van der Waals surface area (Å²) in [4.78, 5) is 29.8. The number of hydrogen-bond acceptors (Lipinski definition) is 2. The van der Waals surface area contributed by atoms with Crippen LogP contribution in [-0.4, -0.2) is 35.2 Å². The molecular weight excluding hydrogens is 252 g/mol. The standard InChI is InChI=1S/C16H24N2O2/c1-10-7-13-15(3,4)14(20)12(17-6)8-16(13,5)9-18(10)11(2)19/h10,12-13H,7-9H2,1-5H3/t10-,12?,13-,16+/m0/s1. The molecule has 2 rings (SSSR count). The predicted octanol–water partition coefficient (Wildman–Crippen LogP) is 2.54. The molecule has 0 aromatic rings. The first kappa shape index (κ1) is 15.0. The molecule has 0 N–H and O–H groups in total. The van der Waals surface area contributed by atoms with Crippen LogP contribution in [0.25, 0.3) is 4.85 Å². The van der Waals surface area contributed by atoms with E-state index in [0.717, 1.165) is 6.42 Å². The number of Topliss-reactive ketones (excluding diaryl/α,β-unsaturated/α-hetero) is 1. The normalized spacial score (nSPS) is 39.9. The summed E-state index contributed by atoms with van der Waals surface area (Å²) in [5, 5.41) is 0. The van der Waals surface area contributed by atoms with E-state index in [1.807, 2.05) is 18.7 Å². The number of carbonyl (C=O) groups is 2. The van der Waals surface area contributed by atoms with Crippen molar-refractivity contribution >= 4 is 11.7 Å². The van der Waals surface area contributed by atoms with Crippen molar-refractivity contribution in [3.8, 4) is 0 Å². The van der Waals surface area contributed by atoms with E-state index < -0.39 is 11.5 Å². The van der Waals surface area contributed by atoms with Gasteiger partial charge in [-0.2, -0.15) is 0 Å². The Morgan fingerprint density at radius 2 is 2.00 bits per heavy atom. The van der Waals surface area contributed by atoms with Crippen LogP contribution in [0.2, 0.25) is 0 Å². The Morgan fingerprint density at radius 1 is 1.40 bits per heavy atom. The van der Waals surface area contributed by atoms with Gasteiger partial charge in [-0.05, 0) is 24.7 Å². The zero-order chi connectivity index (χ0) is 15.3. The molecule has 1 amide bonds. The molecule has 0 aromatic heterocycles. The molecule has 1 aliphatic carbocycles. The van der Waals surface area contributed by atoms with E-state index in [1.165, 1.54) is 0 Å². The maximum absolute atomic E-state index is 12.5. The van der Waals surface area contributed by atoms with Gasteiger partial charge in [0, 0.05) is 31.3 Å². The van der Waals surface area contributed by atoms with Crippen molar-refractivity contribution in [3.05, 3.63) is 11.4 Å². The molecule has 4 atom stereocenters. The van der Waals surface area contributed by atoms with Gasteiger partial charge in [0.25, 0.3) is 6.04 Å². The number of carbonyl (C=O) groups excluding carboxylic acids is 2. The summed E-state index contributed by atoms with van der Waals surface area (Å²) in [6.45, 7) is 17.7. The Morgan fingerprint density at radius 3 is 2.50 bits per heavy atom. The molecule has 0 radical (unpaired) electrons. The number of rotatable bonds is 0. The van der Waals surface area contributed by atoms with E-state index in [2.05, 4.69) is 18.7 Å². The van der Waals surface area contributed by atoms with Gasteiger partial charge in [-0.1, -0.05) is 20.8 Å². The van der Waals surface area contributed by atoms with Crippen molar-refractivity contribution in [1.82, 2.24) is 4.90 Å². The van der Waals surface area contributed by atoms with Crippen molar-refractivity contribution in [3.63, 3.8) is 0 Å². The molecule has 1 aliphatic heterocycles. The zero-order valence-electron chi connectivity index (χ0n) is 13.1. The van der Waals surface area contributed by atoms with E-state index in [0.29, 0.717) is 13.0 Å². The Bertz CT molecular complexity index is 491. The van der Waals surface area contributed by atoms with E-state index in [-0.39, 0.29) is 29.1 Å². The summed E-state index contributed by atoms with van der Waals surface area (Å²) in [5.74, 6) is 0.413. The number of piperidine rings is 1. The van der Waals surface area contributed by atoms with Gasteiger partial charge in [-0.25, -0.2) is 6.57 Å². The second-order valence-electron chi connectivity index (χ2n) is 7.37. The lowest BCUT2D eigenvalue weighted by Gasteiger charge is -2.56. The van der Waals surface area contributed by atoms with Crippen molar-refractivity contribution in [2.45, 2.75) is 59.5 Å². The Labute approximate surface area is 121 Å². The molecule has 0 spiro atoms. The summed E-state index contributed by atoms with van der Waals surface area (Å²) >= 11 is 0. The Hall–Kier alpha value is -1.37. The molecule has 2 fully saturated rings. The Kier molecular flexibility index (Phi) is 3.44. The zero-order valence-corrected chi connectivity index (χ0v) is 13.1. The fraction of sp³-hybridized carbons (Fsp3) is 0.812. The summed E-state index contributed by atoms with van der Waals surface area (Å²) in [5.41, 5.74) is -0.607. The fourth-order valence-corrected chi connectivity index (χ4v) is 4.44. The quantitative estimate of drug-likeness (QED) is 0.638. The van der Waals surface area contributed by atoms with Gasteiger partial charge in [-0.15, -0.1) is 0 Å². The van der Waals surface area contributed by atoms with Crippen LogP contribution < -0.4 is 0 Å². The van der Waals surface area contributed by atoms with Crippen LogP contribution in [0.3, 0.4) is 0 Å². The highest BCUT2D eigenvalue weighted by Crippen LogP contribution is 2.54. The highest BCUT2D eigenvalue weighted by atomic mass is 16.2. The van der Waals surface area contributed by atoms with Crippen LogP contribution in [0.5, 0.6) is 0 Å². The first-order chi connectivity index (χ1) is 9.13. The number of fused-ring (bicyclic) bond motifs is 1. The molecule has 0 bridgehead atoms. The maximum atomic E-state index is 12.5. The van der Waals surface area contributed by atoms with Crippen LogP contribution in [0.4, 0.5) is 0 Å². The van der Waals surface area contributed by atoms with Crippen LogP contribution in [-0.2, 0) is 9.59 Å². The number of nitrogens with zero attached hydrogens (tertiary/aromatic N) is 2. The highest BCUT2D eigenvalue weighted by Gasteiger charge is 2.60. The van der Waals surface area contributed by atoms with E-state index >= 15 is 0 Å². The van der Waals surface area contributed by atoms with Gasteiger partial charge < -0.3 is 9.74 Å². The second-order valence-corrected chi connectivity index (χ2v) is 7.37. The summed E-state index contributed by atoms with van der Waals surface area (Å²) < 4.78 is 0. The van der Waals surface area contributed by atoms with Crippen LogP contribution >= 0.6 is 0 Å². The van der Waals surface area contributed by atoms with Gasteiger partial charge in [0.05, 0.1) is 0 Å². The van der Waals surface area contributed by atoms with Gasteiger partial charge in [0.15, 0.2) is 0 Å². The summed E-state index contributed by atoms with van der Waals surface area (Å²) in [7, 11) is 0. The van der Waals surface area contributed by atoms with E-state index in [1.54, 1.807) is 6.92 Å². The third-order valence-electron chi connectivity index (χ3n) is 5.51. The lowest BCUT2D eigenvalue weighted by Crippen LogP contribution is -2.62. The van der Waals surface area contributed by atoms with Crippen LogP contribution in [0.1, 0.15) is 47.5 Å². The second kappa shape index (κ2) is 4.58. The predicted molar refractivity (Wildman–Crippen MR) is 76.9 cm³/mol. The lowest BCUT2D eigenvalue weighted by molar-refractivity contribution is -0.155. The minimum absolute atomic E-state index is 0.0819. The van der Waals surface area contributed by atoms with Gasteiger partial charge in [0.2, 0.25) is 11.7 Å². The monoisotopic (exact) mass is 276 g/mol. The van der Waals surface area contributed by atoms with Gasteiger partial charge in [-0.3, -0.25) is 9.59 Å². The molecule has 1 heterocycles. The van der Waals surface area contributed by atoms with Gasteiger partial charge in [0.1, 0.15) is 0 Å². The van der Waals surface area contributed by atoms with E-state index in [9.17, 15) is 9.59 Å². The van der Waals surface area contributed by atoms with Crippen LogP contribution in [0.15, 0.2) is 0 Å². The molecule has 20 heavy (non-hydrogen) atoms. The summed E-state index contributed by atoms with van der Waals surface area (Å²) in [6, 6.07) is -0.379. The smallest absolute Gasteiger partial charge is 0.282 e. The third kappa shape index (κ3) is 2.04. The molecule has 2 aliphatic rings. The molecule has 0 aromatic carbocycles. The summed E-state index contributed by atoms with van der Waals surface area (Å²) in [6.07, 6.45) is 1.43. The third-order valence-corrected chi connectivity index (χ3v) is 5.51. The molecule has 1 saturated carbocycles. The average Bonchev–Trinajstić information content (AvgIpc) is 2.36. The molecule has 110 valence electrons. The topological polar surface area (TPSA) is 41.7 Å². The molecular formula is C16H24N2O2. The number of ketones is 1. The minimum Gasteiger partial charge on any atom is -0.340 e. The van der Waals surface area contributed by atoms with Crippen molar-refractivity contribution in [1.29, 1.82) is 0 Å². The largest absolute Gasteiger partial charge is 0.340 e. The average molecular weight is 276 g/mol. The van der Waals surface area contributed by atoms with Crippen molar-refractivity contribution < 1.29 is 9.59 Å². The number of hydrogen-bond donors (Lipinski definition) is 0. The van der Waals surface area contributed by atoms with Crippen molar-refractivity contribution in [2.24, 2.45) is 16.7 Å². The van der Waals surface area contributed by atoms with Crippen LogP contribution in [0, 0.1) is 23.3 Å². The maximum Gasteiger partial charge on any atom is 0.282 e. The number of amides is 1. The Balaban J connectivity index is 2.41. The SMILES string of the molecule is [C-]#[N+]C1C[C@]2(C)CN(C(C)=O)[C@@H](C)C[C@H]2C(C)(C)C1=O. The minimum atomic E-state index is -0.548. The van der Waals surface area contributed by atoms with Gasteiger partial charge >= 0.3 is 0 Å². The number of likely N-dealkylation sites (tertiary alicyclic amines) is 1. The molecule has 4 heteroatoms. The lowest BCUT2D eigenvalue weighted by atomic mass is 9.51. The first-order valence-electron chi connectivity index (χ1n) is 7.31. The first-order valence-corrected chi connectivity index (χ1v) is 7.31. The van der Waals surface area contributed by atoms with E-state index in [4.69, 9.17) is 6.57 Å². The molecule has 4 nitrogen and oxygen atoms in total. The van der Waals surface area contributed by atoms with Crippen molar-refractivity contribution in [2.75, 3.05) is 6.54 Å². The molecule has 1 saturated heterocycles. The molecule has 1 unspecified atom stereocenters. The fourth-order valence-electron chi connectivity index (χ4n) is 4.44.